The molecule has 18 heavy (non-hydrogen) atoms. The fraction of sp³-hybridized carbons (Fsp3) is 0.750. The Morgan fingerprint density at radius 3 is 2.33 bits per heavy atom. The number of alkyl halides is 3. The average Bonchev–Trinajstić information content (AvgIpc) is 2.73. The molecule has 0 aliphatic heterocycles. The summed E-state index contributed by atoms with van der Waals surface area (Å²) in [6, 6.07) is 1.30. The first-order valence-electron chi connectivity index (χ1n) is 6.07. The van der Waals surface area contributed by atoms with Crippen molar-refractivity contribution < 1.29 is 13.2 Å². The molecule has 0 fully saturated rings. The zero-order valence-electron chi connectivity index (χ0n) is 11.1. The van der Waals surface area contributed by atoms with Crippen LogP contribution >= 0.6 is 0 Å². The Bertz CT molecular complexity index is 371. The van der Waals surface area contributed by atoms with Crippen LogP contribution in [0.2, 0.25) is 0 Å². The van der Waals surface area contributed by atoms with E-state index in [-0.39, 0.29) is 12.0 Å². The Morgan fingerprint density at radius 1 is 1.28 bits per heavy atom. The van der Waals surface area contributed by atoms with E-state index in [0.717, 1.165) is 12.6 Å². The summed E-state index contributed by atoms with van der Waals surface area (Å²) in [4.78, 5) is 0. The predicted octanol–water partition coefficient (Wildman–Crippen LogP) is 3.10. The standard InChI is InChI=1S/C12H20F3N3/c1-8(2)16-7-9(3)10(4)18-6-5-11(17-18)12(13,14)15/h5-6,8-10,16H,7H2,1-4H3. The van der Waals surface area contributed by atoms with Gasteiger partial charge < -0.3 is 5.32 Å². The number of hydrogen-bond donors (Lipinski definition) is 1. The lowest BCUT2D eigenvalue weighted by Gasteiger charge is -2.22. The SMILES string of the molecule is CC(C)NCC(C)C(C)n1ccc(C(F)(F)F)n1. The van der Waals surface area contributed by atoms with Crippen molar-refractivity contribution in [3.05, 3.63) is 18.0 Å². The molecule has 1 rings (SSSR count). The zero-order chi connectivity index (χ0) is 13.9. The van der Waals surface area contributed by atoms with Gasteiger partial charge in [-0.2, -0.15) is 18.3 Å². The minimum atomic E-state index is -4.37. The second kappa shape index (κ2) is 5.73. The highest BCUT2D eigenvalue weighted by molar-refractivity contribution is 5.04. The highest BCUT2D eigenvalue weighted by Crippen LogP contribution is 2.28. The van der Waals surface area contributed by atoms with Gasteiger partial charge in [-0.05, 0) is 25.5 Å². The van der Waals surface area contributed by atoms with Crippen molar-refractivity contribution in [1.29, 1.82) is 0 Å². The van der Waals surface area contributed by atoms with Crippen molar-refractivity contribution in [3.8, 4) is 0 Å². The number of hydrogen-bond acceptors (Lipinski definition) is 2. The van der Waals surface area contributed by atoms with Crippen LogP contribution in [0.25, 0.3) is 0 Å². The zero-order valence-corrected chi connectivity index (χ0v) is 11.1. The number of rotatable bonds is 5. The summed E-state index contributed by atoms with van der Waals surface area (Å²) in [6.45, 7) is 8.69. The average molecular weight is 263 g/mol. The highest BCUT2D eigenvalue weighted by Gasteiger charge is 2.34. The second-order valence-corrected chi connectivity index (χ2v) is 4.96. The van der Waals surface area contributed by atoms with Crippen molar-refractivity contribution in [2.75, 3.05) is 6.54 Å². The fourth-order valence-corrected chi connectivity index (χ4v) is 1.57. The van der Waals surface area contributed by atoms with Gasteiger partial charge in [-0.15, -0.1) is 0 Å². The third kappa shape index (κ3) is 4.01. The first kappa shape index (κ1) is 15.0. The summed E-state index contributed by atoms with van der Waals surface area (Å²) in [6.07, 6.45) is -2.98. The van der Waals surface area contributed by atoms with Crippen molar-refractivity contribution in [1.82, 2.24) is 15.1 Å². The van der Waals surface area contributed by atoms with Gasteiger partial charge >= 0.3 is 6.18 Å². The molecule has 1 aromatic rings. The predicted molar refractivity (Wildman–Crippen MR) is 64.2 cm³/mol. The maximum absolute atomic E-state index is 12.4. The lowest BCUT2D eigenvalue weighted by molar-refractivity contribution is -0.141. The van der Waals surface area contributed by atoms with Crippen LogP contribution in [-0.4, -0.2) is 22.4 Å². The normalized spacial score (nSPS) is 16.0. The van der Waals surface area contributed by atoms with Gasteiger partial charge in [0.15, 0.2) is 5.69 Å². The smallest absolute Gasteiger partial charge is 0.314 e. The van der Waals surface area contributed by atoms with E-state index in [1.807, 2.05) is 27.7 Å². The maximum Gasteiger partial charge on any atom is 0.435 e. The Morgan fingerprint density at radius 2 is 1.89 bits per heavy atom. The molecule has 0 radical (unpaired) electrons. The Kier molecular flexibility index (Phi) is 4.78. The molecule has 0 bridgehead atoms. The quantitative estimate of drug-likeness (QED) is 0.884. The van der Waals surface area contributed by atoms with Crippen molar-refractivity contribution in [3.63, 3.8) is 0 Å². The van der Waals surface area contributed by atoms with Crippen LogP contribution in [0.3, 0.4) is 0 Å². The van der Waals surface area contributed by atoms with E-state index in [9.17, 15) is 13.2 Å². The molecule has 104 valence electrons. The fourth-order valence-electron chi connectivity index (χ4n) is 1.57. The lowest BCUT2D eigenvalue weighted by Crippen LogP contribution is -2.31. The summed E-state index contributed by atoms with van der Waals surface area (Å²) in [7, 11) is 0. The Balaban J connectivity index is 2.66. The molecule has 1 heterocycles. The van der Waals surface area contributed by atoms with Crippen LogP contribution in [-0.2, 0) is 6.18 Å². The molecule has 0 aromatic carbocycles. The minimum Gasteiger partial charge on any atom is -0.314 e. The number of nitrogens with one attached hydrogen (secondary N) is 1. The molecule has 0 amide bonds. The largest absolute Gasteiger partial charge is 0.435 e. The summed E-state index contributed by atoms with van der Waals surface area (Å²) in [5.74, 6) is 0.202. The van der Waals surface area contributed by atoms with Crippen LogP contribution in [0.1, 0.15) is 39.4 Å². The number of nitrogens with zero attached hydrogens (tertiary/aromatic N) is 2. The molecule has 3 nitrogen and oxygen atoms in total. The van der Waals surface area contributed by atoms with E-state index in [0.29, 0.717) is 6.04 Å². The Labute approximate surface area is 105 Å². The van der Waals surface area contributed by atoms with Crippen LogP contribution in [0.15, 0.2) is 12.3 Å². The van der Waals surface area contributed by atoms with Crippen LogP contribution in [0.5, 0.6) is 0 Å². The molecule has 2 unspecified atom stereocenters. The van der Waals surface area contributed by atoms with Gasteiger partial charge in [0, 0.05) is 12.2 Å². The van der Waals surface area contributed by atoms with E-state index in [4.69, 9.17) is 0 Å². The summed E-state index contributed by atoms with van der Waals surface area (Å²) < 4.78 is 38.7. The molecular weight excluding hydrogens is 243 g/mol. The maximum atomic E-state index is 12.4. The van der Waals surface area contributed by atoms with Crippen molar-refractivity contribution in [2.24, 2.45) is 5.92 Å². The topological polar surface area (TPSA) is 29.9 Å². The highest BCUT2D eigenvalue weighted by atomic mass is 19.4. The summed E-state index contributed by atoms with van der Waals surface area (Å²) in [5.41, 5.74) is -0.835. The van der Waals surface area contributed by atoms with Gasteiger partial charge in [0.2, 0.25) is 0 Å². The second-order valence-electron chi connectivity index (χ2n) is 4.96. The van der Waals surface area contributed by atoms with Gasteiger partial charge in [-0.3, -0.25) is 4.68 Å². The molecule has 0 aliphatic rings. The number of aromatic nitrogens is 2. The molecule has 2 atom stereocenters. The summed E-state index contributed by atoms with van der Waals surface area (Å²) in [5, 5.41) is 6.86. The molecule has 1 N–H and O–H groups in total. The van der Waals surface area contributed by atoms with E-state index in [1.165, 1.54) is 10.9 Å². The third-order valence-corrected chi connectivity index (χ3v) is 2.99. The monoisotopic (exact) mass is 263 g/mol. The van der Waals surface area contributed by atoms with E-state index < -0.39 is 11.9 Å². The molecule has 0 aliphatic carbocycles. The van der Waals surface area contributed by atoms with Gasteiger partial charge in [-0.25, -0.2) is 0 Å². The first-order valence-corrected chi connectivity index (χ1v) is 6.07. The molecule has 6 heteroatoms. The molecular formula is C12H20F3N3. The minimum absolute atomic E-state index is 0.0765. The Hall–Kier alpha value is -1.04. The third-order valence-electron chi connectivity index (χ3n) is 2.99. The van der Waals surface area contributed by atoms with E-state index >= 15 is 0 Å². The van der Waals surface area contributed by atoms with Crippen LogP contribution in [0.4, 0.5) is 13.2 Å². The van der Waals surface area contributed by atoms with Crippen LogP contribution < -0.4 is 5.32 Å². The van der Waals surface area contributed by atoms with Crippen molar-refractivity contribution in [2.45, 2.75) is 46.0 Å². The summed E-state index contributed by atoms with van der Waals surface area (Å²) >= 11 is 0. The first-order chi connectivity index (χ1) is 8.21. The van der Waals surface area contributed by atoms with Gasteiger partial charge in [-0.1, -0.05) is 20.8 Å². The van der Waals surface area contributed by atoms with Gasteiger partial charge in [0.05, 0.1) is 6.04 Å². The van der Waals surface area contributed by atoms with E-state index in [1.54, 1.807) is 0 Å². The lowest BCUT2D eigenvalue weighted by atomic mass is 10.0. The van der Waals surface area contributed by atoms with E-state index in [2.05, 4.69) is 10.4 Å². The molecule has 0 saturated carbocycles. The molecule has 1 aromatic heterocycles. The van der Waals surface area contributed by atoms with Gasteiger partial charge in [0.1, 0.15) is 0 Å². The van der Waals surface area contributed by atoms with Crippen LogP contribution in [0, 0.1) is 5.92 Å². The molecule has 0 saturated heterocycles. The number of halogens is 3. The van der Waals surface area contributed by atoms with Gasteiger partial charge in [0.25, 0.3) is 0 Å². The molecule has 0 spiro atoms. The van der Waals surface area contributed by atoms with Crippen molar-refractivity contribution >= 4 is 0 Å².